The van der Waals surface area contributed by atoms with Gasteiger partial charge in [0.1, 0.15) is 22.2 Å². The minimum absolute atomic E-state index is 0.134. The van der Waals surface area contributed by atoms with E-state index in [1.165, 1.54) is 7.11 Å². The Kier molecular flexibility index (Phi) is 11.7. The zero-order chi connectivity index (χ0) is 38.1. The Bertz CT molecular complexity index is 1690. The van der Waals surface area contributed by atoms with Crippen LogP contribution in [-0.4, -0.2) is 75.9 Å². The van der Waals surface area contributed by atoms with Crippen LogP contribution in [0.4, 0.5) is 24.6 Å². The van der Waals surface area contributed by atoms with Crippen molar-refractivity contribution >= 4 is 43.7 Å². The molecule has 1 unspecified atom stereocenters. The third kappa shape index (κ3) is 10.4. The number of rotatable bonds is 7. The molecule has 1 saturated heterocycles. The van der Waals surface area contributed by atoms with Crippen LogP contribution in [0.15, 0.2) is 35.3 Å². The third-order valence-corrected chi connectivity index (χ3v) is 9.45. The first kappa shape index (κ1) is 39.9. The summed E-state index contributed by atoms with van der Waals surface area (Å²) < 4.78 is 73.9. The Morgan fingerprint density at radius 3 is 2.16 bits per heavy atom. The van der Waals surface area contributed by atoms with Crippen molar-refractivity contribution in [2.24, 2.45) is 0 Å². The SMILES string of the molecule is COc1cccc2c1OP(=O)(OC[C@H]1S[C@@H](n3ccc(N(C(=O)OC(C)(C)C)C(=O)OC(C)(C)C)nc3=O)[C@@H](F)[C@@H]1OC(=O)OC(C)(C)C)OC2. The number of fused-ring (bicyclic) bond motifs is 1. The van der Waals surface area contributed by atoms with E-state index < -0.39 is 84.0 Å². The molecule has 0 spiro atoms. The second kappa shape index (κ2) is 15.0. The van der Waals surface area contributed by atoms with Crippen LogP contribution in [0.2, 0.25) is 0 Å². The summed E-state index contributed by atoms with van der Waals surface area (Å²) in [4.78, 5) is 56.6. The summed E-state index contributed by atoms with van der Waals surface area (Å²) in [5.74, 6) is -0.00177. The molecule has 19 heteroatoms. The number of amides is 2. The van der Waals surface area contributed by atoms with Gasteiger partial charge in [0.05, 0.1) is 25.6 Å². The molecule has 2 aliphatic heterocycles. The number of thioether (sulfide) groups is 1. The third-order valence-electron chi connectivity index (χ3n) is 6.62. The fraction of sp³-hybridized carbons (Fsp3) is 0.594. The van der Waals surface area contributed by atoms with Crippen molar-refractivity contribution in [3.8, 4) is 11.5 Å². The number of nitrogens with zero attached hydrogens (tertiary/aromatic N) is 3. The molecule has 4 rings (SSSR count). The van der Waals surface area contributed by atoms with Crippen molar-refractivity contribution in [1.29, 1.82) is 0 Å². The number of carbonyl (C=O) groups is 3. The smallest absolute Gasteiger partial charge is 0.493 e. The van der Waals surface area contributed by atoms with Crippen LogP contribution in [0.25, 0.3) is 0 Å². The zero-order valence-electron chi connectivity index (χ0n) is 30.0. The molecule has 0 radical (unpaired) electrons. The van der Waals surface area contributed by atoms with Crippen LogP contribution < -0.4 is 19.9 Å². The summed E-state index contributed by atoms with van der Waals surface area (Å²) >= 11 is 0.814. The first-order chi connectivity index (χ1) is 23.5. The van der Waals surface area contributed by atoms with Crippen LogP contribution in [0, 0.1) is 0 Å². The van der Waals surface area contributed by atoms with Crippen LogP contribution in [-0.2, 0) is 39.2 Å². The molecule has 2 amide bonds. The lowest BCUT2D eigenvalue weighted by Crippen LogP contribution is -2.45. The highest BCUT2D eigenvalue weighted by Crippen LogP contribution is 2.58. The fourth-order valence-corrected chi connectivity index (χ4v) is 7.45. The molecule has 0 bridgehead atoms. The predicted molar refractivity (Wildman–Crippen MR) is 182 cm³/mol. The number of benzene rings is 1. The minimum atomic E-state index is -4.28. The largest absolute Gasteiger partial charge is 0.530 e. The molecule has 51 heavy (non-hydrogen) atoms. The molecule has 282 valence electrons. The number of alkyl halides is 1. The number of hydrogen-bond acceptors (Lipinski definition) is 15. The first-order valence-electron chi connectivity index (χ1n) is 15.8. The number of para-hydroxylation sites is 1. The van der Waals surface area contributed by atoms with E-state index in [0.717, 1.165) is 28.6 Å². The summed E-state index contributed by atoms with van der Waals surface area (Å²) in [6.07, 6.45) is -6.05. The summed E-state index contributed by atoms with van der Waals surface area (Å²) in [5.41, 5.74) is -3.54. The summed E-state index contributed by atoms with van der Waals surface area (Å²) in [6.45, 7) is 13.6. The minimum Gasteiger partial charge on any atom is -0.493 e. The molecular formula is C32H43FN3O13PS. The van der Waals surface area contributed by atoms with E-state index >= 15 is 4.39 Å². The number of imide groups is 1. The van der Waals surface area contributed by atoms with Crippen LogP contribution in [0.3, 0.4) is 0 Å². The van der Waals surface area contributed by atoms with Gasteiger partial charge in [-0.25, -0.2) is 28.1 Å². The Labute approximate surface area is 298 Å². The quantitative estimate of drug-likeness (QED) is 0.161. The number of phosphoric acid groups is 1. The van der Waals surface area contributed by atoms with E-state index in [1.807, 2.05) is 0 Å². The van der Waals surface area contributed by atoms with Gasteiger partial charge in [-0.05, 0) is 74.4 Å². The van der Waals surface area contributed by atoms with E-state index in [9.17, 15) is 23.7 Å². The molecule has 2 aromatic rings. The highest BCUT2D eigenvalue weighted by molar-refractivity contribution is 8.00. The van der Waals surface area contributed by atoms with Crippen LogP contribution >= 0.6 is 19.6 Å². The average Bonchev–Trinajstić information content (AvgIpc) is 3.27. The second-order valence-electron chi connectivity index (χ2n) is 14.4. The highest BCUT2D eigenvalue weighted by Gasteiger charge is 2.51. The molecule has 3 heterocycles. The van der Waals surface area contributed by atoms with Gasteiger partial charge in [-0.2, -0.15) is 9.88 Å². The van der Waals surface area contributed by atoms with Crippen molar-refractivity contribution < 1.29 is 60.6 Å². The molecule has 2 aliphatic rings. The number of ether oxygens (including phenoxy) is 5. The number of halogens is 1. The maximum atomic E-state index is 16.3. The first-order valence-corrected chi connectivity index (χ1v) is 18.2. The summed E-state index contributed by atoms with van der Waals surface area (Å²) in [5, 5.41) is -2.47. The number of phosphoric ester groups is 1. The van der Waals surface area contributed by atoms with E-state index in [1.54, 1.807) is 80.5 Å². The molecule has 0 aliphatic carbocycles. The van der Waals surface area contributed by atoms with E-state index in [-0.39, 0.29) is 18.1 Å². The average molecular weight is 760 g/mol. The maximum Gasteiger partial charge on any atom is 0.530 e. The van der Waals surface area contributed by atoms with Crippen molar-refractivity contribution in [1.82, 2.24) is 9.55 Å². The lowest BCUT2D eigenvalue weighted by Gasteiger charge is -2.28. The molecule has 1 fully saturated rings. The molecule has 16 nitrogen and oxygen atoms in total. The molecule has 1 aromatic heterocycles. The Morgan fingerprint density at radius 1 is 1.00 bits per heavy atom. The number of hydrogen-bond donors (Lipinski definition) is 0. The standard InChI is InChI=1S/C32H43FN3O13PS/c1-30(2,3)46-27(38)36(28(39)47-31(4,5)6)21-14-15-35(26(37)34-21)25-22(33)24(45-29(40)48-32(7,8)9)20(51-25)17-44-50(41)43-16-18-12-11-13-19(42-10)23(18)49-50/h11-15,20,22,24-25H,16-17H2,1-10H3/t20-,22+,24-,25-,50?/m1/s1. The van der Waals surface area contributed by atoms with E-state index in [4.69, 9.17) is 37.3 Å². The van der Waals surface area contributed by atoms with Crippen molar-refractivity contribution in [3.63, 3.8) is 0 Å². The molecular weight excluding hydrogens is 716 g/mol. The summed E-state index contributed by atoms with van der Waals surface area (Å²) in [6, 6.07) is 6.12. The summed E-state index contributed by atoms with van der Waals surface area (Å²) in [7, 11) is -2.87. The fourth-order valence-electron chi connectivity index (χ4n) is 4.63. The normalized spacial score (nSPS) is 23.4. The molecule has 0 N–H and O–H groups in total. The maximum absolute atomic E-state index is 16.3. The van der Waals surface area contributed by atoms with Gasteiger partial charge in [0.2, 0.25) is 0 Å². The van der Waals surface area contributed by atoms with E-state index in [2.05, 4.69) is 4.98 Å². The van der Waals surface area contributed by atoms with Crippen molar-refractivity contribution in [2.75, 3.05) is 18.6 Å². The Hall–Kier alpha value is -3.86. The molecule has 5 atom stereocenters. The molecule has 1 aromatic carbocycles. The van der Waals surface area contributed by atoms with Crippen molar-refractivity contribution in [3.05, 3.63) is 46.5 Å². The van der Waals surface area contributed by atoms with E-state index in [0.29, 0.717) is 10.5 Å². The lowest BCUT2D eigenvalue weighted by molar-refractivity contribution is -0.0460. The van der Waals surface area contributed by atoms with Gasteiger partial charge in [-0.1, -0.05) is 12.1 Å². The molecule has 0 saturated carbocycles. The topological polar surface area (TPSA) is 180 Å². The number of aromatic nitrogens is 2. The monoisotopic (exact) mass is 759 g/mol. The van der Waals surface area contributed by atoms with Crippen LogP contribution in [0.1, 0.15) is 73.3 Å². The lowest BCUT2D eigenvalue weighted by atomic mass is 10.1. The van der Waals surface area contributed by atoms with Gasteiger partial charge in [0.25, 0.3) is 0 Å². The number of carbonyl (C=O) groups excluding carboxylic acids is 3. The van der Waals surface area contributed by atoms with Gasteiger partial charge in [0.15, 0.2) is 29.6 Å². The second-order valence-corrected chi connectivity index (χ2v) is 17.3. The van der Waals surface area contributed by atoms with Gasteiger partial charge in [-0.3, -0.25) is 13.6 Å². The van der Waals surface area contributed by atoms with Gasteiger partial charge in [0, 0.05) is 11.8 Å². The van der Waals surface area contributed by atoms with Crippen molar-refractivity contribution in [2.45, 2.75) is 109 Å². The number of methoxy groups -OCH3 is 1. The number of anilines is 1. The van der Waals surface area contributed by atoms with Gasteiger partial charge < -0.3 is 28.2 Å². The van der Waals surface area contributed by atoms with Crippen LogP contribution in [0.5, 0.6) is 11.5 Å². The predicted octanol–water partition coefficient (Wildman–Crippen LogP) is 6.93. The Morgan fingerprint density at radius 2 is 1.61 bits per heavy atom. The Balaban J connectivity index is 1.62. The highest BCUT2D eigenvalue weighted by atomic mass is 32.2. The zero-order valence-corrected chi connectivity index (χ0v) is 31.7. The van der Waals surface area contributed by atoms with Gasteiger partial charge in [-0.15, -0.1) is 11.8 Å². The van der Waals surface area contributed by atoms with Gasteiger partial charge >= 0.3 is 31.9 Å².